The summed E-state index contributed by atoms with van der Waals surface area (Å²) in [5, 5.41) is 0. The van der Waals surface area contributed by atoms with Gasteiger partial charge in [-0.15, -0.1) is 0 Å². The maximum Gasteiger partial charge on any atom is 0.259 e. The van der Waals surface area contributed by atoms with Crippen LogP contribution in [0.2, 0.25) is 0 Å². The summed E-state index contributed by atoms with van der Waals surface area (Å²) in [4.78, 5) is 13.7. The first-order valence-corrected chi connectivity index (χ1v) is 7.56. The molecule has 1 amide bonds. The van der Waals surface area contributed by atoms with E-state index in [1.165, 1.54) is 4.90 Å². The van der Waals surface area contributed by atoms with Crippen LogP contribution in [0.3, 0.4) is 0 Å². The first-order valence-electron chi connectivity index (χ1n) is 5.61. The highest BCUT2D eigenvalue weighted by Gasteiger charge is 2.24. The minimum atomic E-state index is -0.816. The molecule has 1 saturated heterocycles. The van der Waals surface area contributed by atoms with Crippen LogP contribution in [0.5, 0.6) is 0 Å². The Hall–Kier alpha value is -0.620. The minimum Gasteiger partial charge on any atom is -0.338 e. The number of hydrogen-bond donors (Lipinski definition) is 0. The lowest BCUT2D eigenvalue weighted by atomic mass is 10.1. The van der Waals surface area contributed by atoms with Crippen molar-refractivity contribution in [3.63, 3.8) is 0 Å². The first kappa shape index (κ1) is 13.8. The summed E-state index contributed by atoms with van der Waals surface area (Å²) < 4.78 is 27.7. The monoisotopic (exact) mass is 335 g/mol. The summed E-state index contributed by atoms with van der Waals surface area (Å²) in [5.41, 5.74) is -0.454. The molecule has 0 aromatic heterocycles. The quantitative estimate of drug-likeness (QED) is 0.784. The molecule has 0 unspecified atom stereocenters. The third kappa shape index (κ3) is 3.03. The minimum absolute atomic E-state index is 0.292. The van der Waals surface area contributed by atoms with Gasteiger partial charge in [0.15, 0.2) is 0 Å². The molecule has 0 N–H and O–H groups in total. The fourth-order valence-corrected chi connectivity index (χ4v) is 3.14. The van der Waals surface area contributed by atoms with Crippen molar-refractivity contribution in [1.82, 2.24) is 4.90 Å². The van der Waals surface area contributed by atoms with Crippen LogP contribution in [0.15, 0.2) is 16.6 Å². The van der Waals surface area contributed by atoms with Crippen LogP contribution >= 0.6 is 27.7 Å². The van der Waals surface area contributed by atoms with Crippen molar-refractivity contribution in [3.05, 3.63) is 33.8 Å². The van der Waals surface area contributed by atoms with Crippen LogP contribution in [0, 0.1) is 11.6 Å². The zero-order valence-corrected chi connectivity index (χ0v) is 12.0. The molecule has 6 heteroatoms. The molecule has 98 valence electrons. The van der Waals surface area contributed by atoms with Gasteiger partial charge in [0.1, 0.15) is 17.2 Å². The van der Waals surface area contributed by atoms with Gasteiger partial charge in [-0.2, -0.15) is 11.8 Å². The van der Waals surface area contributed by atoms with Gasteiger partial charge in [-0.1, -0.05) is 15.9 Å². The van der Waals surface area contributed by atoms with Gasteiger partial charge < -0.3 is 4.90 Å². The van der Waals surface area contributed by atoms with E-state index < -0.39 is 23.1 Å². The smallest absolute Gasteiger partial charge is 0.259 e. The van der Waals surface area contributed by atoms with Gasteiger partial charge in [-0.05, 0) is 24.3 Å². The summed E-state index contributed by atoms with van der Waals surface area (Å²) in [6.45, 7) is 1.10. The van der Waals surface area contributed by atoms with E-state index in [9.17, 15) is 13.6 Å². The number of nitrogens with zero attached hydrogens (tertiary/aromatic N) is 1. The number of halogens is 3. The second kappa shape index (κ2) is 6.02. The van der Waals surface area contributed by atoms with Crippen LogP contribution in [0.4, 0.5) is 8.78 Å². The molecular formula is C12H12BrF2NOS. The lowest BCUT2D eigenvalue weighted by Crippen LogP contribution is -2.34. The Bertz CT molecular complexity index is 438. The molecule has 18 heavy (non-hydrogen) atoms. The van der Waals surface area contributed by atoms with E-state index in [-0.39, 0.29) is 0 Å². The molecule has 0 aliphatic carbocycles. The van der Waals surface area contributed by atoms with E-state index in [0.29, 0.717) is 17.6 Å². The lowest BCUT2D eigenvalue weighted by molar-refractivity contribution is 0.0758. The van der Waals surface area contributed by atoms with Gasteiger partial charge in [0.2, 0.25) is 0 Å². The number of carbonyl (C=O) groups excluding carboxylic acids is 1. The molecule has 1 aromatic rings. The van der Waals surface area contributed by atoms with Gasteiger partial charge in [-0.25, -0.2) is 8.78 Å². The first-order chi connectivity index (χ1) is 8.59. The van der Waals surface area contributed by atoms with E-state index in [1.54, 1.807) is 11.8 Å². The Morgan fingerprint density at radius 2 is 1.89 bits per heavy atom. The molecule has 1 aliphatic heterocycles. The molecule has 0 spiro atoms. The van der Waals surface area contributed by atoms with Crippen LogP contribution in [-0.4, -0.2) is 35.4 Å². The summed E-state index contributed by atoms with van der Waals surface area (Å²) in [5.74, 6) is -0.395. The maximum absolute atomic E-state index is 13.7. The second-order valence-corrected chi connectivity index (χ2v) is 6.14. The van der Waals surface area contributed by atoms with E-state index in [0.717, 1.165) is 30.1 Å². The third-order valence-electron chi connectivity index (χ3n) is 2.73. The van der Waals surface area contributed by atoms with Crippen LogP contribution in [-0.2, 0) is 0 Å². The fourth-order valence-electron chi connectivity index (χ4n) is 1.85. The molecule has 0 atom stereocenters. The van der Waals surface area contributed by atoms with Crippen molar-refractivity contribution in [1.29, 1.82) is 0 Å². The zero-order chi connectivity index (χ0) is 13.1. The highest BCUT2D eigenvalue weighted by Crippen LogP contribution is 2.22. The molecule has 1 fully saturated rings. The molecule has 1 heterocycles. The van der Waals surface area contributed by atoms with Crippen molar-refractivity contribution >= 4 is 33.6 Å². The summed E-state index contributed by atoms with van der Waals surface area (Å²) in [6.07, 6.45) is 0.857. The Morgan fingerprint density at radius 1 is 1.22 bits per heavy atom. The number of carbonyl (C=O) groups is 1. The highest BCUT2D eigenvalue weighted by molar-refractivity contribution is 9.10. The average molecular weight is 336 g/mol. The molecule has 1 aliphatic rings. The Kier molecular flexibility index (Phi) is 4.61. The van der Waals surface area contributed by atoms with E-state index in [1.807, 2.05) is 0 Å². The van der Waals surface area contributed by atoms with Gasteiger partial charge in [0, 0.05) is 23.3 Å². The van der Waals surface area contributed by atoms with E-state index >= 15 is 0 Å². The molecule has 1 aromatic carbocycles. The van der Waals surface area contributed by atoms with Gasteiger partial charge >= 0.3 is 0 Å². The number of benzene rings is 1. The molecular weight excluding hydrogens is 324 g/mol. The van der Waals surface area contributed by atoms with Crippen molar-refractivity contribution in [2.75, 3.05) is 24.6 Å². The largest absolute Gasteiger partial charge is 0.338 e. The van der Waals surface area contributed by atoms with E-state index in [2.05, 4.69) is 15.9 Å². The second-order valence-electron chi connectivity index (χ2n) is 4.00. The maximum atomic E-state index is 13.7. The van der Waals surface area contributed by atoms with Gasteiger partial charge in [0.05, 0.1) is 0 Å². The number of rotatable bonds is 1. The van der Waals surface area contributed by atoms with Gasteiger partial charge in [0.25, 0.3) is 5.91 Å². The Labute approximate surface area is 117 Å². The summed E-state index contributed by atoms with van der Waals surface area (Å²) in [7, 11) is 0. The standard InChI is InChI=1S/C12H12BrF2NOS/c13-8-6-9(14)11(10(15)7-8)12(17)16-2-1-4-18-5-3-16/h6-7H,1-5H2. The Balaban J connectivity index is 2.27. The zero-order valence-electron chi connectivity index (χ0n) is 9.59. The summed E-state index contributed by atoms with van der Waals surface area (Å²) in [6, 6.07) is 2.23. The highest BCUT2D eigenvalue weighted by atomic mass is 79.9. The predicted molar refractivity (Wildman–Crippen MR) is 71.9 cm³/mol. The molecule has 0 saturated carbocycles. The van der Waals surface area contributed by atoms with Crippen molar-refractivity contribution in [2.45, 2.75) is 6.42 Å². The third-order valence-corrected chi connectivity index (χ3v) is 4.24. The predicted octanol–water partition coefficient (Wildman–Crippen LogP) is 3.31. The molecule has 2 rings (SSSR count). The van der Waals surface area contributed by atoms with Crippen molar-refractivity contribution in [3.8, 4) is 0 Å². The van der Waals surface area contributed by atoms with Crippen LogP contribution in [0.25, 0.3) is 0 Å². The molecule has 0 bridgehead atoms. The van der Waals surface area contributed by atoms with Gasteiger partial charge in [-0.3, -0.25) is 4.79 Å². The topological polar surface area (TPSA) is 20.3 Å². The van der Waals surface area contributed by atoms with Crippen LogP contribution < -0.4 is 0 Å². The number of amides is 1. The normalized spacial score (nSPS) is 16.5. The molecule has 2 nitrogen and oxygen atoms in total. The molecule has 0 radical (unpaired) electrons. The SMILES string of the molecule is O=C(c1c(F)cc(Br)cc1F)N1CCCSCC1. The van der Waals surface area contributed by atoms with Crippen molar-refractivity contribution < 1.29 is 13.6 Å². The number of hydrogen-bond acceptors (Lipinski definition) is 2. The van der Waals surface area contributed by atoms with E-state index in [4.69, 9.17) is 0 Å². The summed E-state index contributed by atoms with van der Waals surface area (Å²) >= 11 is 4.75. The lowest BCUT2D eigenvalue weighted by Gasteiger charge is -2.20. The Morgan fingerprint density at radius 3 is 2.56 bits per heavy atom. The van der Waals surface area contributed by atoms with Crippen molar-refractivity contribution in [2.24, 2.45) is 0 Å². The fraction of sp³-hybridized carbons (Fsp3) is 0.417. The van der Waals surface area contributed by atoms with Crippen LogP contribution in [0.1, 0.15) is 16.8 Å². The number of thioether (sulfide) groups is 1. The average Bonchev–Trinajstić information content (AvgIpc) is 2.55.